The summed E-state index contributed by atoms with van der Waals surface area (Å²) < 4.78 is 37.6. The SMILES string of the molecule is CN=C(NCC(C)SC)N(C)Cc1ccc(C(F)(F)F)cc1.I. The van der Waals surface area contributed by atoms with Gasteiger partial charge in [-0.3, -0.25) is 4.99 Å². The van der Waals surface area contributed by atoms with Gasteiger partial charge in [-0.1, -0.05) is 19.1 Å². The van der Waals surface area contributed by atoms with Gasteiger partial charge in [0.05, 0.1) is 5.56 Å². The molecule has 1 unspecified atom stereocenters. The molecule has 0 spiro atoms. The van der Waals surface area contributed by atoms with Crippen LogP contribution in [0.15, 0.2) is 29.3 Å². The molecule has 0 radical (unpaired) electrons. The summed E-state index contributed by atoms with van der Waals surface area (Å²) in [5.41, 5.74) is 0.173. The summed E-state index contributed by atoms with van der Waals surface area (Å²) >= 11 is 1.75. The van der Waals surface area contributed by atoms with Gasteiger partial charge < -0.3 is 10.2 Å². The normalized spacial score (nSPS) is 13.3. The van der Waals surface area contributed by atoms with Gasteiger partial charge in [-0.2, -0.15) is 24.9 Å². The third-order valence-electron chi connectivity index (χ3n) is 3.22. The number of alkyl halides is 3. The minimum Gasteiger partial charge on any atom is -0.355 e. The Morgan fingerprint density at radius 3 is 2.30 bits per heavy atom. The van der Waals surface area contributed by atoms with Crippen LogP contribution in [-0.4, -0.2) is 43.0 Å². The molecule has 132 valence electrons. The van der Waals surface area contributed by atoms with Crippen LogP contribution in [0.3, 0.4) is 0 Å². The Balaban J connectivity index is 0.00000484. The molecule has 0 aliphatic carbocycles. The van der Waals surface area contributed by atoms with E-state index in [4.69, 9.17) is 0 Å². The molecule has 0 bridgehead atoms. The standard InChI is InChI=1S/C15H22F3N3S.HI/c1-11(22-4)9-20-14(19-2)21(3)10-12-5-7-13(8-6-12)15(16,17)18;/h5-8,11H,9-10H2,1-4H3,(H,19,20);1H. The zero-order valence-corrected chi connectivity index (χ0v) is 16.8. The highest BCUT2D eigenvalue weighted by atomic mass is 127. The quantitative estimate of drug-likeness (QED) is 0.407. The summed E-state index contributed by atoms with van der Waals surface area (Å²) in [5.74, 6) is 0.723. The maximum absolute atomic E-state index is 12.5. The van der Waals surface area contributed by atoms with Crippen molar-refractivity contribution in [3.05, 3.63) is 35.4 Å². The summed E-state index contributed by atoms with van der Waals surface area (Å²) in [7, 11) is 3.55. The second-order valence-corrected chi connectivity index (χ2v) is 6.30. The van der Waals surface area contributed by atoms with Crippen LogP contribution in [-0.2, 0) is 12.7 Å². The van der Waals surface area contributed by atoms with Crippen molar-refractivity contribution < 1.29 is 13.2 Å². The number of hydrogen-bond acceptors (Lipinski definition) is 2. The maximum Gasteiger partial charge on any atom is 0.416 e. The topological polar surface area (TPSA) is 27.6 Å². The van der Waals surface area contributed by atoms with Crippen LogP contribution in [0.5, 0.6) is 0 Å². The van der Waals surface area contributed by atoms with Gasteiger partial charge in [0.25, 0.3) is 0 Å². The molecular formula is C15H23F3IN3S. The van der Waals surface area contributed by atoms with Crippen molar-refractivity contribution in [3.63, 3.8) is 0 Å². The second kappa shape index (κ2) is 10.3. The van der Waals surface area contributed by atoms with Crippen molar-refractivity contribution in [2.75, 3.05) is 26.9 Å². The summed E-state index contributed by atoms with van der Waals surface area (Å²) in [4.78, 5) is 6.07. The van der Waals surface area contributed by atoms with Gasteiger partial charge in [-0.15, -0.1) is 24.0 Å². The molecule has 0 heterocycles. The van der Waals surface area contributed by atoms with Crippen molar-refractivity contribution in [2.24, 2.45) is 4.99 Å². The lowest BCUT2D eigenvalue weighted by atomic mass is 10.1. The zero-order chi connectivity index (χ0) is 16.8. The van der Waals surface area contributed by atoms with Gasteiger partial charge in [-0.25, -0.2) is 0 Å². The second-order valence-electron chi connectivity index (χ2n) is 5.03. The number of benzene rings is 1. The lowest BCUT2D eigenvalue weighted by Gasteiger charge is -2.23. The minimum absolute atomic E-state index is 0. The third kappa shape index (κ3) is 7.65. The molecule has 8 heteroatoms. The number of hydrogen-bond donors (Lipinski definition) is 1. The Kier molecular flexibility index (Phi) is 9.99. The van der Waals surface area contributed by atoms with Crippen molar-refractivity contribution in [1.29, 1.82) is 0 Å². The number of nitrogens with one attached hydrogen (secondary N) is 1. The van der Waals surface area contributed by atoms with E-state index in [1.807, 2.05) is 18.2 Å². The van der Waals surface area contributed by atoms with Crippen molar-refractivity contribution in [1.82, 2.24) is 10.2 Å². The molecule has 1 rings (SSSR count). The van der Waals surface area contributed by atoms with Gasteiger partial charge in [0.2, 0.25) is 0 Å². The van der Waals surface area contributed by atoms with Crippen LogP contribution < -0.4 is 5.32 Å². The zero-order valence-electron chi connectivity index (χ0n) is 13.6. The first-order chi connectivity index (χ1) is 10.3. The maximum atomic E-state index is 12.5. The summed E-state index contributed by atoms with van der Waals surface area (Å²) in [5, 5.41) is 3.71. The van der Waals surface area contributed by atoms with Crippen molar-refractivity contribution in [3.8, 4) is 0 Å². The molecule has 0 saturated heterocycles. The van der Waals surface area contributed by atoms with E-state index >= 15 is 0 Å². The summed E-state index contributed by atoms with van der Waals surface area (Å²) in [6.07, 6.45) is -2.25. The summed E-state index contributed by atoms with van der Waals surface area (Å²) in [6.45, 7) is 3.39. The largest absolute Gasteiger partial charge is 0.416 e. The first kappa shape index (κ1) is 22.4. The predicted octanol–water partition coefficient (Wildman–Crippen LogP) is 4.08. The highest BCUT2D eigenvalue weighted by Crippen LogP contribution is 2.29. The van der Waals surface area contributed by atoms with Crippen LogP contribution in [0, 0.1) is 0 Å². The smallest absolute Gasteiger partial charge is 0.355 e. The van der Waals surface area contributed by atoms with E-state index < -0.39 is 11.7 Å². The molecule has 0 saturated carbocycles. The Bertz CT molecular complexity index is 492. The van der Waals surface area contributed by atoms with E-state index in [2.05, 4.69) is 17.2 Å². The fourth-order valence-corrected chi connectivity index (χ4v) is 2.10. The summed E-state index contributed by atoms with van der Waals surface area (Å²) in [6, 6.07) is 5.21. The molecule has 0 amide bonds. The van der Waals surface area contributed by atoms with E-state index in [-0.39, 0.29) is 24.0 Å². The van der Waals surface area contributed by atoms with Crippen molar-refractivity contribution >= 4 is 41.7 Å². The predicted molar refractivity (Wildman–Crippen MR) is 103 cm³/mol. The van der Waals surface area contributed by atoms with Gasteiger partial charge in [0.15, 0.2) is 5.96 Å². The molecule has 0 fully saturated rings. The van der Waals surface area contributed by atoms with E-state index in [0.29, 0.717) is 11.8 Å². The Morgan fingerprint density at radius 1 is 1.30 bits per heavy atom. The lowest BCUT2D eigenvalue weighted by molar-refractivity contribution is -0.137. The Labute approximate surface area is 157 Å². The number of thioether (sulfide) groups is 1. The molecule has 3 nitrogen and oxygen atoms in total. The first-order valence-electron chi connectivity index (χ1n) is 6.88. The Morgan fingerprint density at radius 2 is 1.87 bits per heavy atom. The highest BCUT2D eigenvalue weighted by molar-refractivity contribution is 14.0. The molecule has 1 N–H and O–H groups in total. The van der Waals surface area contributed by atoms with Crippen LogP contribution in [0.4, 0.5) is 13.2 Å². The number of halogens is 4. The number of nitrogens with zero attached hydrogens (tertiary/aromatic N) is 2. The third-order valence-corrected chi connectivity index (χ3v) is 4.20. The average molecular weight is 461 g/mol. The van der Waals surface area contributed by atoms with E-state index in [1.54, 1.807) is 18.8 Å². The van der Waals surface area contributed by atoms with Crippen LogP contribution >= 0.6 is 35.7 Å². The molecular weight excluding hydrogens is 438 g/mol. The molecule has 0 aromatic heterocycles. The number of guanidine groups is 1. The first-order valence-corrected chi connectivity index (χ1v) is 8.17. The highest BCUT2D eigenvalue weighted by Gasteiger charge is 2.29. The molecule has 1 atom stereocenters. The monoisotopic (exact) mass is 461 g/mol. The van der Waals surface area contributed by atoms with Crippen LogP contribution in [0.25, 0.3) is 0 Å². The average Bonchev–Trinajstić information content (AvgIpc) is 2.47. The van der Waals surface area contributed by atoms with Gasteiger partial charge in [0, 0.05) is 32.4 Å². The Hall–Kier alpha value is -0.640. The van der Waals surface area contributed by atoms with Gasteiger partial charge in [-0.05, 0) is 24.0 Å². The van der Waals surface area contributed by atoms with E-state index in [9.17, 15) is 13.2 Å². The fraction of sp³-hybridized carbons (Fsp3) is 0.533. The van der Waals surface area contributed by atoms with Crippen LogP contribution in [0.2, 0.25) is 0 Å². The molecule has 23 heavy (non-hydrogen) atoms. The van der Waals surface area contributed by atoms with Crippen molar-refractivity contribution in [2.45, 2.75) is 24.9 Å². The lowest BCUT2D eigenvalue weighted by Crippen LogP contribution is -2.40. The minimum atomic E-state index is -4.30. The van der Waals surface area contributed by atoms with Crippen LogP contribution in [0.1, 0.15) is 18.1 Å². The molecule has 1 aromatic carbocycles. The van der Waals surface area contributed by atoms with E-state index in [1.165, 1.54) is 12.1 Å². The van der Waals surface area contributed by atoms with Gasteiger partial charge >= 0.3 is 6.18 Å². The number of aliphatic imine (C=N–C) groups is 1. The van der Waals surface area contributed by atoms with Gasteiger partial charge in [0.1, 0.15) is 0 Å². The molecule has 0 aliphatic heterocycles. The molecule has 0 aliphatic rings. The fourth-order valence-electron chi connectivity index (χ4n) is 1.85. The van der Waals surface area contributed by atoms with E-state index in [0.717, 1.165) is 30.2 Å². The number of rotatable bonds is 5. The molecule has 1 aromatic rings.